The minimum Gasteiger partial charge on any atom is -0.497 e. The molecule has 2 N–H and O–H groups in total. The van der Waals surface area contributed by atoms with Gasteiger partial charge >= 0.3 is 6.01 Å². The number of piperidine rings is 2. The van der Waals surface area contributed by atoms with Crippen LogP contribution in [0.5, 0.6) is 5.75 Å². The van der Waals surface area contributed by atoms with Crippen molar-refractivity contribution in [3.05, 3.63) is 24.3 Å². The van der Waals surface area contributed by atoms with E-state index < -0.39 is 0 Å². The lowest BCUT2D eigenvalue weighted by atomic mass is 9.96. The monoisotopic (exact) mass is 482 g/mol. The maximum atomic E-state index is 12.8. The molecule has 9 heteroatoms. The van der Waals surface area contributed by atoms with E-state index in [4.69, 9.17) is 9.26 Å². The van der Waals surface area contributed by atoms with Crippen LogP contribution >= 0.6 is 0 Å². The molecule has 3 fully saturated rings. The largest absolute Gasteiger partial charge is 0.497 e. The summed E-state index contributed by atoms with van der Waals surface area (Å²) >= 11 is 0. The number of rotatable bonds is 8. The summed E-state index contributed by atoms with van der Waals surface area (Å²) in [6.45, 7) is 8.09. The molecule has 0 radical (unpaired) electrons. The van der Waals surface area contributed by atoms with Crippen molar-refractivity contribution in [2.75, 3.05) is 64.4 Å². The van der Waals surface area contributed by atoms with Gasteiger partial charge in [0.15, 0.2) is 0 Å². The van der Waals surface area contributed by atoms with Gasteiger partial charge in [-0.2, -0.15) is 4.98 Å². The van der Waals surface area contributed by atoms with Gasteiger partial charge in [-0.05, 0) is 87.8 Å². The SMILES string of the molecule is COc1ccc(-c2noc(N3CCC(C(=O)NC[C@H]4CCN(C[C@H]5CCCNC5)C4)CC3)n2)cc1. The van der Waals surface area contributed by atoms with Crippen LogP contribution in [-0.4, -0.2) is 80.4 Å². The van der Waals surface area contributed by atoms with E-state index in [0.29, 0.717) is 17.8 Å². The van der Waals surface area contributed by atoms with Crippen LogP contribution in [0.2, 0.25) is 0 Å². The molecule has 190 valence electrons. The zero-order valence-electron chi connectivity index (χ0n) is 20.7. The van der Waals surface area contributed by atoms with E-state index in [9.17, 15) is 4.79 Å². The van der Waals surface area contributed by atoms with Gasteiger partial charge < -0.3 is 29.7 Å². The smallest absolute Gasteiger partial charge is 0.324 e. The summed E-state index contributed by atoms with van der Waals surface area (Å²) in [5.41, 5.74) is 0.885. The van der Waals surface area contributed by atoms with Gasteiger partial charge in [-0.15, -0.1) is 0 Å². The third-order valence-electron chi connectivity index (χ3n) is 7.75. The van der Waals surface area contributed by atoms with Crippen LogP contribution < -0.4 is 20.3 Å². The Kier molecular flexibility index (Phi) is 7.83. The van der Waals surface area contributed by atoms with E-state index in [2.05, 4.69) is 30.6 Å². The Labute approximate surface area is 207 Å². The average molecular weight is 483 g/mol. The number of benzene rings is 1. The van der Waals surface area contributed by atoms with Crippen LogP contribution in [0.4, 0.5) is 6.01 Å². The summed E-state index contributed by atoms with van der Waals surface area (Å²) < 4.78 is 10.7. The van der Waals surface area contributed by atoms with Gasteiger partial charge in [0.05, 0.1) is 7.11 Å². The maximum absolute atomic E-state index is 12.8. The first-order valence-electron chi connectivity index (χ1n) is 13.1. The van der Waals surface area contributed by atoms with Crippen LogP contribution in [0.25, 0.3) is 11.4 Å². The normalized spacial score (nSPS) is 24.0. The molecule has 3 aliphatic rings. The van der Waals surface area contributed by atoms with E-state index in [0.717, 1.165) is 69.3 Å². The van der Waals surface area contributed by atoms with Gasteiger partial charge in [-0.3, -0.25) is 4.79 Å². The predicted octanol–water partition coefficient (Wildman–Crippen LogP) is 2.40. The Morgan fingerprint density at radius 2 is 1.97 bits per heavy atom. The number of anilines is 1. The molecule has 4 heterocycles. The topological polar surface area (TPSA) is 95.8 Å². The number of aromatic nitrogens is 2. The molecule has 1 aromatic heterocycles. The highest BCUT2D eigenvalue weighted by atomic mass is 16.5. The van der Waals surface area contributed by atoms with Crippen LogP contribution in [0.3, 0.4) is 0 Å². The summed E-state index contributed by atoms with van der Waals surface area (Å²) in [7, 11) is 1.64. The molecule has 2 aromatic rings. The van der Waals surface area contributed by atoms with Crippen molar-refractivity contribution in [3.63, 3.8) is 0 Å². The zero-order chi connectivity index (χ0) is 24.0. The highest BCUT2D eigenvalue weighted by Gasteiger charge is 2.29. The summed E-state index contributed by atoms with van der Waals surface area (Å²) in [5.74, 6) is 2.97. The number of nitrogens with one attached hydrogen (secondary N) is 2. The third kappa shape index (κ3) is 6.13. The molecule has 2 atom stereocenters. The summed E-state index contributed by atoms with van der Waals surface area (Å²) in [5, 5.41) is 10.9. The van der Waals surface area contributed by atoms with Crippen LogP contribution in [0, 0.1) is 17.8 Å². The fraction of sp³-hybridized carbons (Fsp3) is 0.654. The second-order valence-corrected chi connectivity index (χ2v) is 10.3. The minimum atomic E-state index is 0.0565. The van der Waals surface area contributed by atoms with E-state index in [1.54, 1.807) is 7.11 Å². The van der Waals surface area contributed by atoms with Crippen molar-refractivity contribution in [2.45, 2.75) is 32.1 Å². The van der Waals surface area contributed by atoms with Gasteiger partial charge in [0.2, 0.25) is 11.7 Å². The molecule has 3 saturated heterocycles. The molecule has 35 heavy (non-hydrogen) atoms. The highest BCUT2D eigenvalue weighted by molar-refractivity contribution is 5.79. The number of methoxy groups -OCH3 is 1. The average Bonchev–Trinajstić information content (AvgIpc) is 3.58. The van der Waals surface area contributed by atoms with Gasteiger partial charge in [-0.1, -0.05) is 5.16 Å². The van der Waals surface area contributed by atoms with Gasteiger partial charge in [-0.25, -0.2) is 0 Å². The maximum Gasteiger partial charge on any atom is 0.324 e. The molecule has 5 rings (SSSR count). The summed E-state index contributed by atoms with van der Waals surface area (Å²) in [6.07, 6.45) is 5.44. The van der Waals surface area contributed by atoms with Gasteiger partial charge in [0.1, 0.15) is 5.75 Å². The van der Waals surface area contributed by atoms with Crippen molar-refractivity contribution < 1.29 is 14.1 Å². The lowest BCUT2D eigenvalue weighted by molar-refractivity contribution is -0.125. The number of likely N-dealkylation sites (tertiary alicyclic amines) is 1. The first-order valence-corrected chi connectivity index (χ1v) is 13.1. The molecule has 1 aromatic carbocycles. The number of carbonyl (C=O) groups is 1. The number of amides is 1. The second kappa shape index (κ2) is 11.4. The third-order valence-corrected chi connectivity index (χ3v) is 7.75. The number of hydrogen-bond acceptors (Lipinski definition) is 8. The number of carbonyl (C=O) groups excluding carboxylic acids is 1. The van der Waals surface area contributed by atoms with Crippen molar-refractivity contribution in [3.8, 4) is 17.1 Å². The highest BCUT2D eigenvalue weighted by Crippen LogP contribution is 2.26. The second-order valence-electron chi connectivity index (χ2n) is 10.3. The fourth-order valence-electron chi connectivity index (χ4n) is 5.61. The Hall–Kier alpha value is -2.65. The lowest BCUT2D eigenvalue weighted by Gasteiger charge is -2.30. The van der Waals surface area contributed by atoms with Crippen molar-refractivity contribution >= 4 is 11.9 Å². The van der Waals surface area contributed by atoms with E-state index >= 15 is 0 Å². The van der Waals surface area contributed by atoms with E-state index in [1.807, 2.05) is 24.3 Å². The van der Waals surface area contributed by atoms with Crippen LogP contribution in [-0.2, 0) is 4.79 Å². The quantitative estimate of drug-likeness (QED) is 0.592. The predicted molar refractivity (Wildman–Crippen MR) is 134 cm³/mol. The van der Waals surface area contributed by atoms with E-state index in [1.165, 1.54) is 32.4 Å². The standard InChI is InChI=1S/C26H38N6O3/c1-34-23-6-4-21(5-7-23)24-29-26(35-30-24)32-13-9-22(10-14-32)25(33)28-16-20-8-12-31(18-20)17-19-3-2-11-27-15-19/h4-7,19-20,22,27H,2-3,8-18H2,1H3,(H,28,33)/t19-,20+/m0/s1. The molecular formula is C26H38N6O3. The molecule has 0 bridgehead atoms. The summed E-state index contributed by atoms with van der Waals surface area (Å²) in [4.78, 5) is 22.1. The molecule has 9 nitrogen and oxygen atoms in total. The molecular weight excluding hydrogens is 444 g/mol. The Morgan fingerprint density at radius 3 is 2.71 bits per heavy atom. The minimum absolute atomic E-state index is 0.0565. The van der Waals surface area contributed by atoms with Crippen molar-refractivity contribution in [1.82, 2.24) is 25.7 Å². The van der Waals surface area contributed by atoms with Gasteiger partial charge in [0, 0.05) is 44.2 Å². The number of hydrogen-bond donors (Lipinski definition) is 2. The molecule has 0 aliphatic carbocycles. The Morgan fingerprint density at radius 1 is 1.14 bits per heavy atom. The van der Waals surface area contributed by atoms with Crippen molar-refractivity contribution in [1.29, 1.82) is 0 Å². The number of ether oxygens (including phenoxy) is 1. The molecule has 0 saturated carbocycles. The van der Waals surface area contributed by atoms with Gasteiger partial charge in [0.25, 0.3) is 0 Å². The molecule has 1 amide bonds. The summed E-state index contributed by atoms with van der Waals surface area (Å²) in [6, 6.07) is 8.12. The van der Waals surface area contributed by atoms with Crippen LogP contribution in [0.1, 0.15) is 32.1 Å². The zero-order valence-corrected chi connectivity index (χ0v) is 20.7. The first kappa shape index (κ1) is 24.1. The first-order chi connectivity index (χ1) is 17.2. The number of nitrogens with zero attached hydrogens (tertiary/aromatic N) is 4. The van der Waals surface area contributed by atoms with Crippen LogP contribution in [0.15, 0.2) is 28.8 Å². The Bertz CT molecular complexity index is 950. The molecule has 3 aliphatic heterocycles. The molecule has 0 unspecified atom stereocenters. The van der Waals surface area contributed by atoms with E-state index in [-0.39, 0.29) is 11.8 Å². The van der Waals surface area contributed by atoms with Crippen molar-refractivity contribution in [2.24, 2.45) is 17.8 Å². The molecule has 0 spiro atoms. The lowest BCUT2D eigenvalue weighted by Crippen LogP contribution is -2.42. The Balaban J connectivity index is 1.03. The fourth-order valence-corrected chi connectivity index (χ4v) is 5.61.